The smallest absolute Gasteiger partial charge is 0.408 e. The van der Waals surface area contributed by atoms with Crippen LogP contribution in [0, 0.1) is 47.6 Å². The molecule has 0 fully saturated rings. The van der Waals surface area contributed by atoms with Crippen molar-refractivity contribution in [3.63, 3.8) is 0 Å². The SMILES string of the molecule is COCCOCCOC(=O)N[C@@H](CSCCOCCOC)C(=O)Oc1c(F)c(C)cc(F)c1F.COCCOCCOC[C@H](NC(=O)OCCOCCOC)C(=O)Oc1c(F)c(F)cc(F)c1F. The number of methoxy groups -OCH3 is 4. The number of amides is 2. The third-order valence-corrected chi connectivity index (χ3v) is 8.91. The summed E-state index contributed by atoms with van der Waals surface area (Å²) in [5.74, 6) is -16.6. The van der Waals surface area contributed by atoms with Crippen LogP contribution < -0.4 is 20.1 Å². The molecule has 0 unspecified atom stereocenters. The van der Waals surface area contributed by atoms with Crippen molar-refractivity contribution in [2.75, 3.05) is 146 Å². The van der Waals surface area contributed by atoms with E-state index in [2.05, 4.69) is 15.4 Å². The Labute approximate surface area is 392 Å². The van der Waals surface area contributed by atoms with Gasteiger partial charge in [0.15, 0.2) is 29.3 Å². The number of nitrogens with one attached hydrogen (secondary N) is 2. The second kappa shape index (κ2) is 37.3. The minimum absolute atomic E-state index is 0.0244. The van der Waals surface area contributed by atoms with Crippen LogP contribution in [0.4, 0.5) is 40.3 Å². The zero-order chi connectivity index (χ0) is 50.7. The first-order valence-corrected chi connectivity index (χ1v) is 21.5. The molecule has 0 saturated heterocycles. The quantitative estimate of drug-likeness (QED) is 0.0333. The van der Waals surface area contributed by atoms with Gasteiger partial charge < -0.3 is 72.2 Å². The zero-order valence-electron chi connectivity index (χ0n) is 38.0. The van der Waals surface area contributed by atoms with Crippen LogP contribution >= 0.6 is 11.8 Å². The van der Waals surface area contributed by atoms with Gasteiger partial charge in [-0.15, -0.1) is 0 Å². The monoisotopic (exact) mass is 1010 g/mol. The van der Waals surface area contributed by atoms with Crippen LogP contribution in [0.5, 0.6) is 11.5 Å². The summed E-state index contributed by atoms with van der Waals surface area (Å²) >= 11 is 1.22. The lowest BCUT2D eigenvalue weighted by Crippen LogP contribution is -2.46. The maximum atomic E-state index is 14.2. The van der Waals surface area contributed by atoms with E-state index in [0.29, 0.717) is 58.1 Å². The van der Waals surface area contributed by atoms with Crippen LogP contribution in [-0.2, 0) is 61.7 Å². The standard InChI is InChI=1S/C21H30F3NO8S.C20H27F4NO9/c1-14-12-15(22)18(24)19(17(14)23)33-20(26)16(13-34-11-10-31-7-5-29-3)25-21(27)32-9-8-30-6-4-28-2;1-28-3-5-30-7-8-32-12-15(25-20(27)33-10-9-31-6-4-29-2)19(26)34-18-16(23)13(21)11-14(22)17(18)24/h12,16H,4-11,13H2,1-3H3,(H,25,27);11,15H,3-10,12H2,1-2H3,(H,25,27)/t16-;15-/m00/s1. The molecule has 0 aliphatic rings. The average molecular weight is 1010 g/mol. The van der Waals surface area contributed by atoms with Gasteiger partial charge in [0.05, 0.1) is 92.5 Å². The van der Waals surface area contributed by atoms with Crippen LogP contribution in [0.15, 0.2) is 12.1 Å². The molecule has 19 nitrogen and oxygen atoms in total. The number of halogens is 7. The highest BCUT2D eigenvalue weighted by Crippen LogP contribution is 2.28. The Morgan fingerprint density at radius 2 is 0.853 bits per heavy atom. The van der Waals surface area contributed by atoms with Gasteiger partial charge in [0.25, 0.3) is 0 Å². The fourth-order valence-electron chi connectivity index (χ4n) is 4.48. The number of esters is 2. The fraction of sp³-hybridized carbons (Fsp3) is 0.610. The molecule has 2 atom stereocenters. The summed E-state index contributed by atoms with van der Waals surface area (Å²) in [7, 11) is 6.02. The van der Waals surface area contributed by atoms with Crippen LogP contribution in [0.3, 0.4) is 0 Å². The maximum absolute atomic E-state index is 14.2. The lowest BCUT2D eigenvalue weighted by atomic mass is 10.2. The number of carbonyl (C=O) groups excluding carboxylic acids is 4. The largest absolute Gasteiger partial charge is 0.447 e. The molecule has 0 aliphatic heterocycles. The number of benzene rings is 2. The normalized spacial score (nSPS) is 11.8. The van der Waals surface area contributed by atoms with Gasteiger partial charge in [-0.2, -0.15) is 24.9 Å². The van der Waals surface area contributed by atoms with Gasteiger partial charge >= 0.3 is 24.1 Å². The number of hydrogen-bond donors (Lipinski definition) is 2. The summed E-state index contributed by atoms with van der Waals surface area (Å²) in [6.07, 6.45) is -2.07. The second-order valence-electron chi connectivity index (χ2n) is 13.0. The third kappa shape index (κ3) is 25.7. The van der Waals surface area contributed by atoms with Gasteiger partial charge in [-0.1, -0.05) is 0 Å². The Kier molecular flexibility index (Phi) is 33.7. The molecule has 0 radical (unpaired) electrons. The molecule has 0 aromatic heterocycles. The molecule has 0 aliphatic carbocycles. The van der Waals surface area contributed by atoms with E-state index in [1.54, 1.807) is 0 Å². The van der Waals surface area contributed by atoms with Crippen LogP contribution in [0.2, 0.25) is 0 Å². The van der Waals surface area contributed by atoms with Crippen molar-refractivity contribution >= 4 is 35.9 Å². The van der Waals surface area contributed by atoms with E-state index < -0.39 is 95.0 Å². The second-order valence-corrected chi connectivity index (χ2v) is 14.2. The van der Waals surface area contributed by atoms with Gasteiger partial charge in [0.1, 0.15) is 19.3 Å². The molecular weight excluding hydrogens is 958 g/mol. The molecule has 0 heterocycles. The summed E-state index contributed by atoms with van der Waals surface area (Å²) in [6.45, 7) is 3.61. The highest BCUT2D eigenvalue weighted by molar-refractivity contribution is 7.99. The van der Waals surface area contributed by atoms with E-state index in [4.69, 9.17) is 56.8 Å². The molecule has 2 aromatic carbocycles. The summed E-state index contributed by atoms with van der Waals surface area (Å²) < 4.78 is 160. The Morgan fingerprint density at radius 1 is 0.485 bits per heavy atom. The van der Waals surface area contributed by atoms with Crippen molar-refractivity contribution in [3.8, 4) is 11.5 Å². The van der Waals surface area contributed by atoms with Crippen molar-refractivity contribution in [1.82, 2.24) is 10.6 Å². The molecule has 0 bridgehead atoms. The number of aryl methyl sites for hydroxylation is 1. The number of carbonyl (C=O) groups is 4. The Balaban J connectivity index is 0.000000680. The third-order valence-electron chi connectivity index (χ3n) is 7.89. The first-order valence-electron chi connectivity index (χ1n) is 20.3. The summed E-state index contributed by atoms with van der Waals surface area (Å²) in [5, 5.41) is 4.37. The maximum Gasteiger partial charge on any atom is 0.408 e. The summed E-state index contributed by atoms with van der Waals surface area (Å²) in [5.41, 5.74) is -0.248. The molecule has 2 aromatic rings. The van der Waals surface area contributed by atoms with Gasteiger partial charge in [-0.25, -0.2) is 36.7 Å². The van der Waals surface area contributed by atoms with Gasteiger partial charge in [0, 0.05) is 46.0 Å². The lowest BCUT2D eigenvalue weighted by Gasteiger charge is -2.18. The number of hydrogen-bond acceptors (Lipinski definition) is 18. The van der Waals surface area contributed by atoms with E-state index in [1.165, 1.54) is 47.1 Å². The predicted octanol–water partition coefficient (Wildman–Crippen LogP) is 4.06. The van der Waals surface area contributed by atoms with Crippen molar-refractivity contribution in [1.29, 1.82) is 0 Å². The first kappa shape index (κ1) is 61.4. The first-order chi connectivity index (χ1) is 32.6. The van der Waals surface area contributed by atoms with Crippen molar-refractivity contribution < 1.29 is 111 Å². The van der Waals surface area contributed by atoms with E-state index >= 15 is 0 Å². The Morgan fingerprint density at radius 3 is 1.32 bits per heavy atom. The molecule has 388 valence electrons. The van der Waals surface area contributed by atoms with Gasteiger partial charge in [-0.3, -0.25) is 0 Å². The van der Waals surface area contributed by atoms with Crippen LogP contribution in [0.1, 0.15) is 5.56 Å². The van der Waals surface area contributed by atoms with E-state index in [0.717, 1.165) is 0 Å². The molecular formula is C41H57F7N2O17S. The van der Waals surface area contributed by atoms with Gasteiger partial charge in [0.2, 0.25) is 29.0 Å². The van der Waals surface area contributed by atoms with Crippen LogP contribution in [-0.4, -0.2) is 182 Å². The van der Waals surface area contributed by atoms with Gasteiger partial charge in [-0.05, 0) is 18.6 Å². The number of rotatable bonds is 34. The molecule has 2 amide bonds. The Bertz CT molecular complexity index is 1620. The minimum Gasteiger partial charge on any atom is -0.447 e. The topological polar surface area (TPSA) is 212 Å². The molecule has 27 heteroatoms. The van der Waals surface area contributed by atoms with Crippen molar-refractivity contribution in [2.24, 2.45) is 0 Å². The summed E-state index contributed by atoms with van der Waals surface area (Å²) in [4.78, 5) is 49.0. The number of thioether (sulfide) groups is 1. The van der Waals surface area contributed by atoms with Crippen molar-refractivity contribution in [3.05, 3.63) is 58.4 Å². The van der Waals surface area contributed by atoms with Crippen LogP contribution in [0.25, 0.3) is 0 Å². The number of alkyl carbamates (subject to hydrolysis) is 2. The van der Waals surface area contributed by atoms with Crippen molar-refractivity contribution in [2.45, 2.75) is 19.0 Å². The Hall–Kier alpha value is -4.58. The molecule has 2 N–H and O–H groups in total. The highest BCUT2D eigenvalue weighted by Gasteiger charge is 2.30. The average Bonchev–Trinajstić information content (AvgIpc) is 3.31. The molecule has 0 saturated carbocycles. The zero-order valence-corrected chi connectivity index (χ0v) is 38.8. The fourth-order valence-corrected chi connectivity index (χ4v) is 5.34. The lowest BCUT2D eigenvalue weighted by molar-refractivity contribution is -0.139. The minimum atomic E-state index is -1.92. The van der Waals surface area contributed by atoms with E-state index in [1.807, 2.05) is 0 Å². The molecule has 2 rings (SSSR count). The molecule has 0 spiro atoms. The highest BCUT2D eigenvalue weighted by atomic mass is 32.2. The van der Waals surface area contributed by atoms with E-state index in [9.17, 15) is 49.9 Å². The summed E-state index contributed by atoms with van der Waals surface area (Å²) in [6, 6.07) is -2.39. The molecule has 68 heavy (non-hydrogen) atoms. The number of ether oxygens (including phenoxy) is 13. The predicted molar refractivity (Wildman–Crippen MR) is 224 cm³/mol. The van der Waals surface area contributed by atoms with E-state index in [-0.39, 0.29) is 70.2 Å².